The highest BCUT2D eigenvalue weighted by molar-refractivity contribution is 5.78. The van der Waals surface area contributed by atoms with Crippen molar-refractivity contribution in [2.75, 3.05) is 5.32 Å². The topological polar surface area (TPSA) is 53.1 Å². The summed E-state index contributed by atoms with van der Waals surface area (Å²) in [4.78, 5) is 8.91. The van der Waals surface area contributed by atoms with Crippen LogP contribution in [-0.4, -0.2) is 21.0 Å². The predicted octanol–water partition coefficient (Wildman–Crippen LogP) is 5.33. The number of aromatic nitrogens is 2. The molecule has 0 spiro atoms. The number of allylic oxidation sites excluding steroid dienone is 6. The molecule has 5 nitrogen and oxygen atoms in total. The largest absolute Gasteiger partial charge is 0.324 e. The van der Waals surface area contributed by atoms with E-state index in [1.807, 2.05) is 25.2 Å². The summed E-state index contributed by atoms with van der Waals surface area (Å²) >= 11 is 0. The number of hydrogen-bond donors (Lipinski definition) is 2. The van der Waals surface area contributed by atoms with Crippen LogP contribution in [0.15, 0.2) is 103 Å². The highest BCUT2D eigenvalue weighted by Gasteiger charge is 2.34. The van der Waals surface area contributed by atoms with Crippen LogP contribution < -0.4 is 10.7 Å². The number of hydrazine groups is 1. The van der Waals surface area contributed by atoms with Crippen LogP contribution in [0.3, 0.4) is 0 Å². The first-order valence-corrected chi connectivity index (χ1v) is 9.75. The molecule has 0 fully saturated rings. The number of nitrogens with zero attached hydrogens (tertiary/aromatic N) is 3. The Bertz CT molecular complexity index is 1160. The molecule has 2 aromatic rings. The van der Waals surface area contributed by atoms with Gasteiger partial charge in [0.05, 0.1) is 23.6 Å². The molecule has 1 atom stereocenters. The lowest BCUT2D eigenvalue weighted by molar-refractivity contribution is 0.357. The molecule has 0 bridgehead atoms. The SMILES string of the molecule is C=C/C=C\C(=C/C)C1NN2C=C(F)C=CC2=C1c1ccnc(Nc2cccc(F)c2)n1. The quantitative estimate of drug-likeness (QED) is 0.623. The lowest BCUT2D eigenvalue weighted by atomic mass is 9.95. The number of halogens is 2. The molecule has 7 heteroatoms. The Labute approximate surface area is 179 Å². The molecule has 0 saturated carbocycles. The Morgan fingerprint density at radius 3 is 2.90 bits per heavy atom. The smallest absolute Gasteiger partial charge is 0.227 e. The standard InChI is InChI=1S/C24H21F2N5/c1-3-5-7-16(4-2)23-22(21-11-10-18(26)15-31(21)30-23)20-12-13-27-24(29-20)28-19-9-6-8-17(25)14-19/h3-15,23,30H,1H2,2H3,(H,27,28,29)/b7-5-,16-4+. The number of benzene rings is 1. The van der Waals surface area contributed by atoms with Crippen LogP contribution in [-0.2, 0) is 0 Å². The first-order chi connectivity index (χ1) is 15.1. The van der Waals surface area contributed by atoms with Crippen LogP contribution >= 0.6 is 0 Å². The maximum atomic E-state index is 13.9. The van der Waals surface area contributed by atoms with E-state index in [2.05, 4.69) is 27.3 Å². The van der Waals surface area contributed by atoms with Gasteiger partial charge in [-0.3, -0.25) is 5.01 Å². The third-order valence-electron chi connectivity index (χ3n) is 4.85. The van der Waals surface area contributed by atoms with Gasteiger partial charge >= 0.3 is 0 Å². The summed E-state index contributed by atoms with van der Waals surface area (Å²) in [6.45, 7) is 5.67. The highest BCUT2D eigenvalue weighted by atomic mass is 19.1. The summed E-state index contributed by atoms with van der Waals surface area (Å²) in [6.07, 6.45) is 13.6. The second kappa shape index (κ2) is 8.89. The molecule has 1 unspecified atom stereocenters. The van der Waals surface area contributed by atoms with Crippen molar-refractivity contribution in [3.05, 3.63) is 114 Å². The Morgan fingerprint density at radius 2 is 2.13 bits per heavy atom. The van der Waals surface area contributed by atoms with Crippen molar-refractivity contribution in [2.24, 2.45) is 0 Å². The van der Waals surface area contributed by atoms with Gasteiger partial charge in [-0.05, 0) is 48.9 Å². The molecule has 1 aromatic heterocycles. The summed E-state index contributed by atoms with van der Waals surface area (Å²) in [7, 11) is 0. The fourth-order valence-corrected chi connectivity index (χ4v) is 3.48. The molecule has 31 heavy (non-hydrogen) atoms. The average molecular weight is 417 g/mol. The van der Waals surface area contributed by atoms with E-state index in [-0.39, 0.29) is 17.7 Å². The van der Waals surface area contributed by atoms with E-state index >= 15 is 0 Å². The number of fused-ring (bicyclic) bond motifs is 1. The van der Waals surface area contributed by atoms with Gasteiger partial charge in [-0.25, -0.2) is 24.2 Å². The molecule has 0 radical (unpaired) electrons. The maximum absolute atomic E-state index is 13.9. The van der Waals surface area contributed by atoms with E-state index < -0.39 is 0 Å². The summed E-state index contributed by atoms with van der Waals surface area (Å²) < 4.78 is 27.4. The van der Waals surface area contributed by atoms with Crippen molar-refractivity contribution >= 4 is 17.2 Å². The van der Waals surface area contributed by atoms with Crippen molar-refractivity contribution in [2.45, 2.75) is 13.0 Å². The van der Waals surface area contributed by atoms with Crippen molar-refractivity contribution < 1.29 is 8.78 Å². The lowest BCUT2D eigenvalue weighted by Gasteiger charge is -2.20. The zero-order valence-corrected chi connectivity index (χ0v) is 16.9. The average Bonchev–Trinajstić information content (AvgIpc) is 3.13. The fraction of sp³-hybridized carbons (Fsp3) is 0.0833. The molecule has 0 amide bonds. The molecular formula is C24H21F2N5. The van der Waals surface area contributed by atoms with Gasteiger partial charge < -0.3 is 5.32 Å². The van der Waals surface area contributed by atoms with Crippen LogP contribution in [0, 0.1) is 5.82 Å². The molecular weight excluding hydrogens is 396 g/mol. The van der Waals surface area contributed by atoms with Crippen LogP contribution in [0.2, 0.25) is 0 Å². The summed E-state index contributed by atoms with van der Waals surface area (Å²) in [5.41, 5.74) is 7.15. The molecule has 2 aliphatic rings. The summed E-state index contributed by atoms with van der Waals surface area (Å²) in [6, 6.07) is 7.62. The minimum atomic E-state index is -0.352. The van der Waals surface area contributed by atoms with E-state index in [9.17, 15) is 8.78 Å². The second-order valence-corrected chi connectivity index (χ2v) is 6.86. The number of nitrogens with one attached hydrogen (secondary N) is 2. The van der Waals surface area contributed by atoms with E-state index in [4.69, 9.17) is 0 Å². The molecule has 2 aliphatic heterocycles. The van der Waals surface area contributed by atoms with Crippen LogP contribution in [0.4, 0.5) is 20.4 Å². The Kier molecular flexibility index (Phi) is 5.86. The number of rotatable bonds is 6. The highest BCUT2D eigenvalue weighted by Crippen LogP contribution is 2.36. The molecule has 1 aromatic carbocycles. The van der Waals surface area contributed by atoms with Gasteiger partial charge in [0.2, 0.25) is 5.95 Å². The molecule has 0 saturated heterocycles. The normalized spacial score (nSPS) is 18.4. The molecule has 4 rings (SSSR count). The molecule has 3 heterocycles. The van der Waals surface area contributed by atoms with E-state index in [1.165, 1.54) is 24.4 Å². The summed E-state index contributed by atoms with van der Waals surface area (Å²) in [5, 5.41) is 4.68. The van der Waals surface area contributed by atoms with Gasteiger partial charge in [0.1, 0.15) is 11.6 Å². The third kappa shape index (κ3) is 4.36. The summed E-state index contributed by atoms with van der Waals surface area (Å²) in [5.74, 6) is -0.371. The van der Waals surface area contributed by atoms with Crippen molar-refractivity contribution in [3.63, 3.8) is 0 Å². The zero-order chi connectivity index (χ0) is 21.8. The maximum Gasteiger partial charge on any atom is 0.227 e. The predicted molar refractivity (Wildman–Crippen MR) is 119 cm³/mol. The van der Waals surface area contributed by atoms with E-state index in [1.54, 1.807) is 41.6 Å². The van der Waals surface area contributed by atoms with Crippen LogP contribution in [0.1, 0.15) is 12.6 Å². The van der Waals surface area contributed by atoms with E-state index in [0.717, 1.165) is 16.8 Å². The molecule has 0 aliphatic carbocycles. The minimum Gasteiger partial charge on any atom is -0.324 e. The molecule has 156 valence electrons. The van der Waals surface area contributed by atoms with Gasteiger partial charge in [-0.2, -0.15) is 0 Å². The fourth-order valence-electron chi connectivity index (χ4n) is 3.48. The van der Waals surface area contributed by atoms with Crippen LogP contribution in [0.25, 0.3) is 5.57 Å². The molecule has 2 N–H and O–H groups in total. The van der Waals surface area contributed by atoms with Gasteiger partial charge in [0, 0.05) is 17.5 Å². The van der Waals surface area contributed by atoms with Gasteiger partial charge in [-0.1, -0.05) is 36.9 Å². The Balaban J connectivity index is 1.75. The van der Waals surface area contributed by atoms with Gasteiger partial charge in [0.25, 0.3) is 0 Å². The van der Waals surface area contributed by atoms with Gasteiger partial charge in [0.15, 0.2) is 0 Å². The van der Waals surface area contributed by atoms with Gasteiger partial charge in [-0.15, -0.1) is 0 Å². The van der Waals surface area contributed by atoms with E-state index in [0.29, 0.717) is 17.3 Å². The van der Waals surface area contributed by atoms with Crippen LogP contribution in [0.5, 0.6) is 0 Å². The first-order valence-electron chi connectivity index (χ1n) is 9.75. The van der Waals surface area contributed by atoms with Crippen molar-refractivity contribution in [3.8, 4) is 0 Å². The number of hydrogen-bond acceptors (Lipinski definition) is 5. The second-order valence-electron chi connectivity index (χ2n) is 6.86. The van der Waals surface area contributed by atoms with Crippen molar-refractivity contribution in [1.29, 1.82) is 0 Å². The minimum absolute atomic E-state index is 0.264. The Hall–Kier alpha value is -3.84. The first kappa shape index (κ1) is 20.4. The third-order valence-corrected chi connectivity index (χ3v) is 4.85. The number of anilines is 2. The zero-order valence-electron chi connectivity index (χ0n) is 16.9. The van der Waals surface area contributed by atoms with Crippen molar-refractivity contribution in [1.82, 2.24) is 20.4 Å². The lowest BCUT2D eigenvalue weighted by Crippen LogP contribution is -2.35. The monoisotopic (exact) mass is 417 g/mol. The Morgan fingerprint density at radius 1 is 1.26 bits per heavy atom.